The summed E-state index contributed by atoms with van der Waals surface area (Å²) in [5, 5.41) is 17.7. The molecule has 0 spiro atoms. The molecule has 0 aliphatic heterocycles. The number of hydrogen-bond donors (Lipinski definition) is 2. The van der Waals surface area contributed by atoms with Crippen molar-refractivity contribution < 1.29 is 4.79 Å². The first kappa shape index (κ1) is 12.9. The van der Waals surface area contributed by atoms with Crippen molar-refractivity contribution in [2.75, 3.05) is 5.32 Å². The highest BCUT2D eigenvalue weighted by molar-refractivity contribution is 6.01. The number of aromatic amines is 1. The molecule has 0 unspecified atom stereocenters. The maximum Gasteiger partial charge on any atom is 0.295 e. The van der Waals surface area contributed by atoms with Crippen molar-refractivity contribution in [2.24, 2.45) is 0 Å². The van der Waals surface area contributed by atoms with Crippen molar-refractivity contribution in [1.82, 2.24) is 29.8 Å². The first-order chi connectivity index (χ1) is 10.7. The van der Waals surface area contributed by atoms with Crippen molar-refractivity contribution in [1.29, 1.82) is 0 Å². The minimum atomic E-state index is -0.357. The van der Waals surface area contributed by atoms with Crippen LogP contribution in [0.1, 0.15) is 47.2 Å². The van der Waals surface area contributed by atoms with Gasteiger partial charge in [-0.1, -0.05) is 6.42 Å². The van der Waals surface area contributed by atoms with Gasteiger partial charge in [0.1, 0.15) is 0 Å². The summed E-state index contributed by atoms with van der Waals surface area (Å²) >= 11 is 0. The molecule has 1 fully saturated rings. The van der Waals surface area contributed by atoms with E-state index in [0.29, 0.717) is 17.5 Å². The summed E-state index contributed by atoms with van der Waals surface area (Å²) < 4.78 is 1.56. The van der Waals surface area contributed by atoms with Gasteiger partial charge in [-0.15, -0.1) is 10.2 Å². The van der Waals surface area contributed by atoms with Crippen molar-refractivity contribution in [3.63, 3.8) is 0 Å². The predicted octanol–water partition coefficient (Wildman–Crippen LogP) is 1.68. The van der Waals surface area contributed by atoms with Crippen LogP contribution in [0.5, 0.6) is 0 Å². The Morgan fingerprint density at radius 3 is 3.05 bits per heavy atom. The van der Waals surface area contributed by atoms with Crippen LogP contribution in [0.25, 0.3) is 5.78 Å². The van der Waals surface area contributed by atoms with Crippen LogP contribution >= 0.6 is 0 Å². The highest BCUT2D eigenvalue weighted by Crippen LogP contribution is 2.35. The highest BCUT2D eigenvalue weighted by Gasteiger charge is 2.22. The highest BCUT2D eigenvalue weighted by atomic mass is 16.2. The molecule has 3 aromatic rings. The Labute approximate surface area is 126 Å². The number of nitrogens with zero attached hydrogens (tertiary/aromatic N) is 5. The first-order valence-corrected chi connectivity index (χ1v) is 7.26. The number of carbonyl (C=O) groups excluding carboxylic acids is 1. The molecule has 8 heteroatoms. The third-order valence-electron chi connectivity index (χ3n) is 4.01. The van der Waals surface area contributed by atoms with Gasteiger partial charge >= 0.3 is 0 Å². The number of rotatable bonds is 3. The van der Waals surface area contributed by atoms with E-state index in [4.69, 9.17) is 0 Å². The maximum atomic E-state index is 12.3. The molecule has 1 aliphatic carbocycles. The third kappa shape index (κ3) is 2.12. The Kier molecular flexibility index (Phi) is 2.88. The van der Waals surface area contributed by atoms with E-state index in [0.717, 1.165) is 11.4 Å². The van der Waals surface area contributed by atoms with Gasteiger partial charge in [-0.3, -0.25) is 14.3 Å². The van der Waals surface area contributed by atoms with Crippen LogP contribution in [-0.4, -0.2) is 35.7 Å². The van der Waals surface area contributed by atoms with Crippen molar-refractivity contribution >= 4 is 17.5 Å². The summed E-state index contributed by atoms with van der Waals surface area (Å²) in [5.74, 6) is 1.28. The number of aryl methyl sites for hydroxylation is 1. The number of carbonyl (C=O) groups is 1. The van der Waals surface area contributed by atoms with E-state index in [9.17, 15) is 4.79 Å². The fourth-order valence-electron chi connectivity index (χ4n) is 2.53. The second-order valence-corrected chi connectivity index (χ2v) is 5.55. The second kappa shape index (κ2) is 4.90. The van der Waals surface area contributed by atoms with Gasteiger partial charge in [0.25, 0.3) is 11.7 Å². The van der Waals surface area contributed by atoms with Crippen molar-refractivity contribution in [3.8, 4) is 0 Å². The Bertz CT molecular complexity index is 846. The molecule has 22 heavy (non-hydrogen) atoms. The van der Waals surface area contributed by atoms with Crippen LogP contribution in [0.2, 0.25) is 0 Å². The van der Waals surface area contributed by atoms with Crippen LogP contribution in [0.4, 0.5) is 5.82 Å². The van der Waals surface area contributed by atoms with Gasteiger partial charge in [-0.05, 0) is 25.8 Å². The molecule has 2 N–H and O–H groups in total. The molecule has 112 valence electrons. The molecule has 3 heterocycles. The normalized spacial score (nSPS) is 15.0. The fourth-order valence-corrected chi connectivity index (χ4v) is 2.53. The topological polar surface area (TPSA) is 101 Å². The number of amides is 1. The van der Waals surface area contributed by atoms with E-state index in [1.807, 2.05) is 13.0 Å². The molecule has 1 aliphatic rings. The molecule has 8 nitrogen and oxygen atoms in total. The number of fused-ring (bicyclic) bond motifs is 1. The molecule has 0 atom stereocenters. The minimum Gasteiger partial charge on any atom is -0.302 e. The number of H-pyrrole nitrogens is 1. The predicted molar refractivity (Wildman–Crippen MR) is 78.7 cm³/mol. The summed E-state index contributed by atoms with van der Waals surface area (Å²) in [4.78, 5) is 16.5. The van der Waals surface area contributed by atoms with E-state index in [1.54, 1.807) is 16.7 Å². The van der Waals surface area contributed by atoms with E-state index in [2.05, 4.69) is 30.7 Å². The molecule has 3 aromatic heterocycles. The standard InChI is InChI=1S/C14H15N7O/c1-8-5-6-21-12(19-20-14(21)15-8)13(22)16-11-7-10(17-18-11)9-3-2-4-9/h5-7,9H,2-4H2,1H3,(H2,16,17,18,22). The smallest absolute Gasteiger partial charge is 0.295 e. The van der Waals surface area contributed by atoms with E-state index >= 15 is 0 Å². The quantitative estimate of drug-likeness (QED) is 0.766. The fraction of sp³-hybridized carbons (Fsp3) is 0.357. The van der Waals surface area contributed by atoms with Gasteiger partial charge in [0.2, 0.25) is 5.82 Å². The number of hydrogen-bond acceptors (Lipinski definition) is 5. The van der Waals surface area contributed by atoms with Gasteiger partial charge in [-0.2, -0.15) is 5.10 Å². The Hall–Kier alpha value is -2.77. The maximum absolute atomic E-state index is 12.3. The summed E-state index contributed by atoms with van der Waals surface area (Å²) in [6.07, 6.45) is 5.34. The largest absolute Gasteiger partial charge is 0.302 e. The van der Waals surface area contributed by atoms with Crippen LogP contribution in [-0.2, 0) is 0 Å². The molecule has 0 aromatic carbocycles. The SMILES string of the molecule is Cc1ccn2c(C(=O)Nc3cc(C4CCC4)[nH]n3)nnc2n1. The van der Waals surface area contributed by atoms with Crippen LogP contribution in [0.3, 0.4) is 0 Å². The van der Waals surface area contributed by atoms with Gasteiger partial charge in [0.05, 0.1) is 0 Å². The molecule has 0 saturated heterocycles. The lowest BCUT2D eigenvalue weighted by atomic mass is 9.83. The van der Waals surface area contributed by atoms with Crippen molar-refractivity contribution in [3.05, 3.63) is 35.5 Å². The monoisotopic (exact) mass is 297 g/mol. The molecule has 0 radical (unpaired) electrons. The lowest BCUT2D eigenvalue weighted by Crippen LogP contribution is -2.16. The second-order valence-electron chi connectivity index (χ2n) is 5.55. The lowest BCUT2D eigenvalue weighted by Gasteiger charge is -2.23. The zero-order chi connectivity index (χ0) is 15.1. The average Bonchev–Trinajstić information content (AvgIpc) is 3.03. The van der Waals surface area contributed by atoms with Crippen LogP contribution in [0, 0.1) is 6.92 Å². The summed E-state index contributed by atoms with van der Waals surface area (Å²) in [7, 11) is 0. The van der Waals surface area contributed by atoms with Crippen LogP contribution < -0.4 is 5.32 Å². The number of nitrogens with one attached hydrogen (secondary N) is 2. The summed E-state index contributed by atoms with van der Waals surface area (Å²) in [5.41, 5.74) is 1.90. The van der Waals surface area contributed by atoms with Gasteiger partial charge < -0.3 is 5.32 Å². The van der Waals surface area contributed by atoms with E-state index in [1.165, 1.54) is 19.3 Å². The minimum absolute atomic E-state index is 0.190. The first-order valence-electron chi connectivity index (χ1n) is 7.26. The molecular weight excluding hydrogens is 282 g/mol. The van der Waals surface area contributed by atoms with Gasteiger partial charge in [-0.25, -0.2) is 4.98 Å². The molecule has 4 rings (SSSR count). The molecule has 1 amide bonds. The molecular formula is C14H15N7O. The lowest BCUT2D eigenvalue weighted by molar-refractivity contribution is 0.101. The molecule has 1 saturated carbocycles. The van der Waals surface area contributed by atoms with E-state index < -0.39 is 0 Å². The van der Waals surface area contributed by atoms with Gasteiger partial charge in [0, 0.05) is 29.6 Å². The average molecular weight is 297 g/mol. The van der Waals surface area contributed by atoms with Crippen LogP contribution in [0.15, 0.2) is 18.3 Å². The third-order valence-corrected chi connectivity index (χ3v) is 4.01. The zero-order valence-corrected chi connectivity index (χ0v) is 12.1. The Morgan fingerprint density at radius 1 is 1.41 bits per heavy atom. The number of aromatic nitrogens is 6. The van der Waals surface area contributed by atoms with Gasteiger partial charge in [0.15, 0.2) is 5.82 Å². The Balaban J connectivity index is 1.56. The zero-order valence-electron chi connectivity index (χ0n) is 12.1. The summed E-state index contributed by atoms with van der Waals surface area (Å²) in [6.45, 7) is 1.86. The van der Waals surface area contributed by atoms with E-state index in [-0.39, 0.29) is 11.7 Å². The Morgan fingerprint density at radius 2 is 2.27 bits per heavy atom. The van der Waals surface area contributed by atoms with Crippen molar-refractivity contribution in [2.45, 2.75) is 32.1 Å². The molecule has 0 bridgehead atoms. The number of anilines is 1. The summed E-state index contributed by atoms with van der Waals surface area (Å²) in [6, 6.07) is 3.68.